The number of halogens is 1. The molecule has 0 fully saturated rings. The van der Waals surface area contributed by atoms with Crippen LogP contribution in [0, 0.1) is 0 Å². The predicted molar refractivity (Wildman–Crippen MR) is 75.1 cm³/mol. The van der Waals surface area contributed by atoms with Gasteiger partial charge in [0.2, 0.25) is 0 Å². The fourth-order valence-electron chi connectivity index (χ4n) is 1.94. The molecule has 4 N–H and O–H groups in total. The van der Waals surface area contributed by atoms with Crippen LogP contribution in [0.1, 0.15) is 10.5 Å². The number of amides is 1. The summed E-state index contributed by atoms with van der Waals surface area (Å²) < 4.78 is 0. The first-order valence-corrected chi connectivity index (χ1v) is 6.18. The first-order chi connectivity index (χ1) is 9.65. The van der Waals surface area contributed by atoms with E-state index in [4.69, 9.17) is 17.3 Å². The van der Waals surface area contributed by atoms with E-state index in [1.54, 1.807) is 24.4 Å². The van der Waals surface area contributed by atoms with Crippen molar-refractivity contribution in [3.8, 4) is 22.5 Å². The van der Waals surface area contributed by atoms with Crippen LogP contribution in [0.25, 0.3) is 22.5 Å². The van der Waals surface area contributed by atoms with Crippen molar-refractivity contribution in [3.63, 3.8) is 0 Å². The van der Waals surface area contributed by atoms with Gasteiger partial charge >= 0.3 is 0 Å². The summed E-state index contributed by atoms with van der Waals surface area (Å²) in [7, 11) is 0. The minimum atomic E-state index is -0.524. The van der Waals surface area contributed by atoms with Gasteiger partial charge in [0, 0.05) is 22.3 Å². The molecule has 0 radical (unpaired) electrons. The third-order valence-electron chi connectivity index (χ3n) is 2.87. The van der Waals surface area contributed by atoms with Crippen LogP contribution in [0.2, 0.25) is 5.02 Å². The molecule has 0 atom stereocenters. The van der Waals surface area contributed by atoms with Gasteiger partial charge in [0.05, 0.1) is 0 Å². The molecule has 0 unspecified atom stereocenters. The quantitative estimate of drug-likeness (QED) is 0.688. The maximum Gasteiger partial charge on any atom is 0.265 e. The van der Waals surface area contributed by atoms with E-state index in [1.165, 1.54) is 0 Å². The second kappa shape index (κ2) is 4.82. The number of aromatic amines is 2. The molecule has 1 amide bonds. The lowest BCUT2D eigenvalue weighted by Crippen LogP contribution is -2.10. The highest BCUT2D eigenvalue weighted by Gasteiger charge is 2.15. The van der Waals surface area contributed by atoms with Crippen molar-refractivity contribution in [1.29, 1.82) is 0 Å². The summed E-state index contributed by atoms with van der Waals surface area (Å²) in [6.07, 6.45) is 1.66. The smallest absolute Gasteiger partial charge is 0.265 e. The Balaban J connectivity index is 2.07. The van der Waals surface area contributed by atoms with Gasteiger partial charge in [-0.2, -0.15) is 15.4 Å². The third kappa shape index (κ3) is 2.17. The zero-order valence-electron chi connectivity index (χ0n) is 10.2. The molecule has 100 valence electrons. The number of carbonyl (C=O) groups excluding carboxylic acids is 1. The molecule has 3 aromatic rings. The van der Waals surface area contributed by atoms with Crippen LogP contribution in [-0.2, 0) is 0 Å². The Morgan fingerprint density at radius 1 is 1.15 bits per heavy atom. The van der Waals surface area contributed by atoms with E-state index >= 15 is 0 Å². The lowest BCUT2D eigenvalue weighted by Gasteiger charge is -1.99. The lowest BCUT2D eigenvalue weighted by molar-refractivity contribution is 0.0996. The summed E-state index contributed by atoms with van der Waals surface area (Å²) in [4.78, 5) is 13.9. The minimum Gasteiger partial charge on any atom is -0.364 e. The van der Waals surface area contributed by atoms with Crippen molar-refractivity contribution in [2.75, 3.05) is 0 Å². The van der Waals surface area contributed by atoms with Gasteiger partial charge in [-0.1, -0.05) is 23.7 Å². The van der Waals surface area contributed by atoms with E-state index in [-0.39, 0.29) is 0 Å². The van der Waals surface area contributed by atoms with Gasteiger partial charge in [0.15, 0.2) is 0 Å². The molecule has 0 saturated heterocycles. The Hall–Kier alpha value is -2.60. The van der Waals surface area contributed by atoms with Gasteiger partial charge < -0.3 is 10.7 Å². The largest absolute Gasteiger partial charge is 0.364 e. The van der Waals surface area contributed by atoms with Gasteiger partial charge in [0.1, 0.15) is 17.1 Å². The molecule has 0 aliphatic heterocycles. The highest BCUT2D eigenvalue weighted by molar-refractivity contribution is 6.30. The van der Waals surface area contributed by atoms with E-state index in [9.17, 15) is 4.79 Å². The molecule has 7 heteroatoms. The number of nitrogens with two attached hydrogens (primary N) is 1. The number of benzene rings is 1. The van der Waals surface area contributed by atoms with Crippen LogP contribution in [0.5, 0.6) is 0 Å². The second-order valence-corrected chi connectivity index (χ2v) is 4.63. The maximum absolute atomic E-state index is 11.1. The van der Waals surface area contributed by atoms with E-state index in [1.807, 2.05) is 12.1 Å². The number of carbonyl (C=O) groups is 1. The summed E-state index contributed by atoms with van der Waals surface area (Å²) in [5.74, 6) is -0.524. The summed E-state index contributed by atoms with van der Waals surface area (Å²) in [6.45, 7) is 0. The zero-order chi connectivity index (χ0) is 14.1. The number of primary amides is 1. The molecule has 1 aromatic carbocycles. The first-order valence-electron chi connectivity index (χ1n) is 5.80. The fraction of sp³-hybridized carbons (Fsp3) is 0. The molecule has 0 aliphatic carbocycles. The van der Waals surface area contributed by atoms with Crippen molar-refractivity contribution in [1.82, 2.24) is 20.4 Å². The van der Waals surface area contributed by atoms with Crippen molar-refractivity contribution < 1.29 is 4.79 Å². The third-order valence-corrected chi connectivity index (χ3v) is 3.10. The molecular formula is C13H10ClN5O. The minimum absolute atomic E-state index is 0.319. The Labute approximate surface area is 119 Å². The van der Waals surface area contributed by atoms with Gasteiger partial charge in [-0.25, -0.2) is 0 Å². The monoisotopic (exact) mass is 287 g/mol. The second-order valence-electron chi connectivity index (χ2n) is 4.20. The predicted octanol–water partition coefficient (Wildman–Crippen LogP) is 2.22. The first kappa shape index (κ1) is 12.4. The van der Waals surface area contributed by atoms with Crippen molar-refractivity contribution in [3.05, 3.63) is 47.2 Å². The summed E-state index contributed by atoms with van der Waals surface area (Å²) in [5, 5.41) is 11.4. The Bertz CT molecular complexity index is 776. The molecule has 2 aromatic heterocycles. The summed E-state index contributed by atoms with van der Waals surface area (Å²) in [6, 6.07) is 8.93. The summed E-state index contributed by atoms with van der Waals surface area (Å²) in [5.41, 5.74) is 8.37. The van der Waals surface area contributed by atoms with Crippen LogP contribution in [-0.4, -0.2) is 26.3 Å². The van der Waals surface area contributed by atoms with Gasteiger partial charge in [-0.3, -0.25) is 4.79 Å². The molecular weight excluding hydrogens is 278 g/mol. The molecule has 20 heavy (non-hydrogen) atoms. The van der Waals surface area contributed by atoms with Crippen molar-refractivity contribution in [2.24, 2.45) is 5.73 Å². The van der Waals surface area contributed by atoms with E-state index in [0.29, 0.717) is 22.1 Å². The number of nitrogens with zero attached hydrogens (tertiary/aromatic N) is 2. The molecule has 2 heterocycles. The topological polar surface area (TPSA) is 100 Å². The van der Waals surface area contributed by atoms with E-state index < -0.39 is 5.91 Å². The van der Waals surface area contributed by atoms with Crippen LogP contribution < -0.4 is 5.73 Å². The average molecular weight is 288 g/mol. The molecule has 3 rings (SSSR count). The number of hydrogen-bond acceptors (Lipinski definition) is 3. The van der Waals surface area contributed by atoms with E-state index in [0.717, 1.165) is 11.1 Å². The highest BCUT2D eigenvalue weighted by atomic mass is 35.5. The molecule has 6 nitrogen and oxygen atoms in total. The van der Waals surface area contributed by atoms with Crippen LogP contribution in [0.15, 0.2) is 36.5 Å². The number of hydrogen-bond donors (Lipinski definition) is 3. The zero-order valence-corrected chi connectivity index (χ0v) is 11.0. The average Bonchev–Trinajstić information content (AvgIpc) is 3.07. The highest BCUT2D eigenvalue weighted by Crippen LogP contribution is 2.29. The number of rotatable bonds is 3. The van der Waals surface area contributed by atoms with E-state index in [2.05, 4.69) is 20.4 Å². The maximum atomic E-state index is 11.1. The Morgan fingerprint density at radius 3 is 2.55 bits per heavy atom. The number of H-pyrrole nitrogens is 2. The van der Waals surface area contributed by atoms with Crippen LogP contribution in [0.3, 0.4) is 0 Å². The SMILES string of the molecule is NC(=O)c1cc(-c2n[nH]nc2-c2cccc(Cl)c2)c[nH]1. The van der Waals surface area contributed by atoms with Crippen molar-refractivity contribution >= 4 is 17.5 Å². The standard InChI is InChI=1S/C13H10ClN5O/c14-9-3-1-2-7(4-9)11-12(18-19-17-11)8-5-10(13(15)20)16-6-8/h1-6,16H,(H2,15,20)(H,17,18,19). The van der Waals surface area contributed by atoms with Crippen LogP contribution in [0.4, 0.5) is 0 Å². The van der Waals surface area contributed by atoms with Crippen molar-refractivity contribution in [2.45, 2.75) is 0 Å². The van der Waals surface area contributed by atoms with Crippen LogP contribution >= 0.6 is 11.6 Å². The fourth-order valence-corrected chi connectivity index (χ4v) is 2.13. The number of aromatic nitrogens is 4. The Kier molecular flexibility index (Phi) is 3.00. The molecule has 0 saturated carbocycles. The Morgan fingerprint density at radius 2 is 1.90 bits per heavy atom. The molecule has 0 bridgehead atoms. The number of nitrogens with one attached hydrogen (secondary N) is 2. The van der Waals surface area contributed by atoms with Gasteiger partial charge in [-0.15, -0.1) is 0 Å². The molecule has 0 spiro atoms. The normalized spacial score (nSPS) is 10.7. The van der Waals surface area contributed by atoms with Gasteiger partial charge in [-0.05, 0) is 18.2 Å². The molecule has 0 aliphatic rings. The van der Waals surface area contributed by atoms with Gasteiger partial charge in [0.25, 0.3) is 5.91 Å². The lowest BCUT2D eigenvalue weighted by atomic mass is 10.1. The summed E-state index contributed by atoms with van der Waals surface area (Å²) >= 11 is 5.98.